The highest BCUT2D eigenvalue weighted by molar-refractivity contribution is 5.95. The molecule has 9 heteroatoms. The summed E-state index contributed by atoms with van der Waals surface area (Å²) < 4.78 is 5.46. The molecule has 1 aromatic carbocycles. The van der Waals surface area contributed by atoms with Gasteiger partial charge in [0.05, 0.1) is 12.0 Å². The third-order valence-electron chi connectivity index (χ3n) is 5.64. The van der Waals surface area contributed by atoms with E-state index in [1.807, 2.05) is 20.8 Å². The van der Waals surface area contributed by atoms with Crippen molar-refractivity contribution in [1.82, 2.24) is 15.7 Å². The van der Waals surface area contributed by atoms with E-state index in [1.165, 1.54) is 4.90 Å². The highest BCUT2D eigenvalue weighted by Crippen LogP contribution is 2.38. The van der Waals surface area contributed by atoms with Gasteiger partial charge in [-0.05, 0) is 49.4 Å². The number of nitrogens with one attached hydrogen (secondary N) is 2. The first kappa shape index (κ1) is 25.0. The van der Waals surface area contributed by atoms with Crippen LogP contribution in [0.1, 0.15) is 57.3 Å². The maximum atomic E-state index is 13.0. The van der Waals surface area contributed by atoms with Crippen molar-refractivity contribution >= 4 is 17.9 Å². The summed E-state index contributed by atoms with van der Waals surface area (Å²) in [6.45, 7) is 7.86. The molecule has 1 saturated heterocycles. The first-order valence-electron chi connectivity index (χ1n) is 10.4. The highest BCUT2D eigenvalue weighted by atomic mass is 16.5. The van der Waals surface area contributed by atoms with Crippen molar-refractivity contribution in [3.05, 3.63) is 29.8 Å². The Morgan fingerprint density at radius 2 is 1.91 bits per heavy atom. The van der Waals surface area contributed by atoms with Gasteiger partial charge in [-0.2, -0.15) is 0 Å². The average Bonchev–Trinajstić information content (AvgIpc) is 2.73. The molecule has 4 N–H and O–H groups in total. The lowest BCUT2D eigenvalue weighted by molar-refractivity contribution is -0.131. The van der Waals surface area contributed by atoms with Crippen LogP contribution in [0.5, 0.6) is 5.75 Å². The lowest BCUT2D eigenvalue weighted by Crippen LogP contribution is -2.63. The zero-order valence-electron chi connectivity index (χ0n) is 18.9. The predicted molar refractivity (Wildman–Crippen MR) is 117 cm³/mol. The molecule has 1 aliphatic heterocycles. The third-order valence-corrected chi connectivity index (χ3v) is 5.64. The molecule has 2 atom stereocenters. The molecule has 1 heterocycles. The maximum Gasteiger partial charge on any atom is 0.407 e. The molecule has 1 aromatic rings. The second-order valence-electron chi connectivity index (χ2n) is 9.00. The van der Waals surface area contributed by atoms with Crippen LogP contribution >= 0.6 is 0 Å². The Labute approximate surface area is 188 Å². The smallest absolute Gasteiger partial charge is 0.407 e. The molecule has 2 rings (SSSR count). The summed E-state index contributed by atoms with van der Waals surface area (Å²) in [7, 11) is 0. The second-order valence-corrected chi connectivity index (χ2v) is 9.00. The van der Waals surface area contributed by atoms with E-state index in [-0.39, 0.29) is 32.4 Å². The topological polar surface area (TPSA) is 128 Å². The summed E-state index contributed by atoms with van der Waals surface area (Å²) in [5, 5.41) is 21.7. The van der Waals surface area contributed by atoms with Crippen molar-refractivity contribution in [2.45, 2.75) is 58.5 Å². The Balaban J connectivity index is 2.26. The SMILES string of the molecule is CC#CCOc1ccc(C(=O)NC2(CC(=O)NO)CCN(C(=O)O)C(C(C)(C)C)C2)cc1. The fourth-order valence-corrected chi connectivity index (χ4v) is 3.95. The van der Waals surface area contributed by atoms with Gasteiger partial charge in [0, 0.05) is 18.2 Å². The van der Waals surface area contributed by atoms with E-state index in [4.69, 9.17) is 9.94 Å². The van der Waals surface area contributed by atoms with Gasteiger partial charge in [0.1, 0.15) is 12.4 Å². The number of rotatable bonds is 6. The van der Waals surface area contributed by atoms with Gasteiger partial charge in [-0.1, -0.05) is 26.7 Å². The number of nitrogens with zero attached hydrogens (tertiary/aromatic N) is 1. The molecule has 0 spiro atoms. The highest BCUT2D eigenvalue weighted by Gasteiger charge is 2.47. The van der Waals surface area contributed by atoms with E-state index in [0.717, 1.165) is 0 Å². The minimum Gasteiger partial charge on any atom is -0.481 e. The molecule has 2 unspecified atom stereocenters. The van der Waals surface area contributed by atoms with Crippen molar-refractivity contribution in [1.29, 1.82) is 0 Å². The molecule has 174 valence electrons. The lowest BCUT2D eigenvalue weighted by Gasteiger charge is -2.50. The zero-order valence-corrected chi connectivity index (χ0v) is 18.9. The number of carbonyl (C=O) groups excluding carboxylic acids is 2. The Morgan fingerprint density at radius 3 is 2.44 bits per heavy atom. The molecular formula is C23H31N3O6. The maximum absolute atomic E-state index is 13.0. The minimum absolute atomic E-state index is 0.154. The number of ether oxygens (including phenoxy) is 1. The van der Waals surface area contributed by atoms with E-state index >= 15 is 0 Å². The molecule has 0 aliphatic carbocycles. The van der Waals surface area contributed by atoms with Crippen LogP contribution in [-0.4, -0.2) is 57.9 Å². The van der Waals surface area contributed by atoms with Crippen molar-refractivity contribution in [2.75, 3.05) is 13.2 Å². The van der Waals surface area contributed by atoms with Crippen molar-refractivity contribution < 1.29 is 29.4 Å². The molecule has 1 fully saturated rings. The molecular weight excluding hydrogens is 414 g/mol. The molecule has 0 aromatic heterocycles. The summed E-state index contributed by atoms with van der Waals surface area (Å²) in [5.41, 5.74) is 0.553. The van der Waals surface area contributed by atoms with E-state index in [9.17, 15) is 19.5 Å². The van der Waals surface area contributed by atoms with Crippen LogP contribution in [0.3, 0.4) is 0 Å². The summed E-state index contributed by atoms with van der Waals surface area (Å²) in [6.07, 6.45) is -0.743. The van der Waals surface area contributed by atoms with Gasteiger partial charge in [-0.15, -0.1) is 5.92 Å². The molecule has 1 aliphatic rings. The predicted octanol–water partition coefficient (Wildman–Crippen LogP) is 2.64. The van der Waals surface area contributed by atoms with Gasteiger partial charge in [0.15, 0.2) is 0 Å². The van der Waals surface area contributed by atoms with Crippen LogP contribution in [0.25, 0.3) is 0 Å². The van der Waals surface area contributed by atoms with Gasteiger partial charge in [0.2, 0.25) is 5.91 Å². The van der Waals surface area contributed by atoms with Crippen LogP contribution in [0.15, 0.2) is 24.3 Å². The van der Waals surface area contributed by atoms with Crippen molar-refractivity contribution in [3.63, 3.8) is 0 Å². The summed E-state index contributed by atoms with van der Waals surface area (Å²) >= 11 is 0. The second kappa shape index (κ2) is 10.4. The van der Waals surface area contributed by atoms with Crippen molar-refractivity contribution in [2.24, 2.45) is 5.41 Å². The largest absolute Gasteiger partial charge is 0.481 e. The average molecular weight is 446 g/mol. The Morgan fingerprint density at radius 1 is 1.25 bits per heavy atom. The van der Waals surface area contributed by atoms with E-state index < -0.39 is 34.9 Å². The van der Waals surface area contributed by atoms with Gasteiger partial charge in [-0.25, -0.2) is 10.3 Å². The summed E-state index contributed by atoms with van der Waals surface area (Å²) in [5.74, 6) is 5.04. The summed E-state index contributed by atoms with van der Waals surface area (Å²) in [6, 6.07) is 6.10. The molecule has 32 heavy (non-hydrogen) atoms. The Bertz CT molecular complexity index is 897. The zero-order chi connectivity index (χ0) is 23.9. The first-order valence-corrected chi connectivity index (χ1v) is 10.4. The fraction of sp³-hybridized carbons (Fsp3) is 0.522. The number of carbonyl (C=O) groups is 3. The molecule has 0 bridgehead atoms. The normalized spacial score (nSPS) is 20.5. The number of hydroxylamine groups is 1. The van der Waals surface area contributed by atoms with Crippen LogP contribution in [0.4, 0.5) is 4.79 Å². The number of piperidine rings is 1. The molecule has 0 saturated carbocycles. The third kappa shape index (κ3) is 6.37. The van der Waals surface area contributed by atoms with Crippen LogP contribution in [-0.2, 0) is 4.79 Å². The quantitative estimate of drug-likeness (QED) is 0.303. The summed E-state index contributed by atoms with van der Waals surface area (Å²) in [4.78, 5) is 38.2. The Hall–Kier alpha value is -3.25. The fourth-order valence-electron chi connectivity index (χ4n) is 3.95. The van der Waals surface area contributed by atoms with Gasteiger partial charge in [-0.3, -0.25) is 14.8 Å². The van der Waals surface area contributed by atoms with Gasteiger partial charge >= 0.3 is 6.09 Å². The molecule has 9 nitrogen and oxygen atoms in total. The molecule has 3 amide bonds. The number of likely N-dealkylation sites (tertiary alicyclic amines) is 1. The van der Waals surface area contributed by atoms with E-state index in [1.54, 1.807) is 36.7 Å². The minimum atomic E-state index is -1.04. The van der Waals surface area contributed by atoms with Crippen LogP contribution in [0, 0.1) is 17.3 Å². The van der Waals surface area contributed by atoms with Crippen LogP contribution in [0.2, 0.25) is 0 Å². The first-order chi connectivity index (χ1) is 15.0. The van der Waals surface area contributed by atoms with E-state index in [0.29, 0.717) is 11.3 Å². The van der Waals surface area contributed by atoms with Gasteiger partial charge < -0.3 is 20.1 Å². The van der Waals surface area contributed by atoms with Crippen molar-refractivity contribution in [3.8, 4) is 17.6 Å². The number of carboxylic acid groups (broad SMARTS) is 1. The van der Waals surface area contributed by atoms with Gasteiger partial charge in [0.25, 0.3) is 5.91 Å². The Kier molecular flexibility index (Phi) is 8.11. The number of hydrogen-bond donors (Lipinski definition) is 4. The van der Waals surface area contributed by atoms with Crippen LogP contribution < -0.4 is 15.5 Å². The lowest BCUT2D eigenvalue weighted by atomic mass is 9.72. The number of amides is 3. The number of benzene rings is 1. The number of hydrogen-bond acceptors (Lipinski definition) is 5. The monoisotopic (exact) mass is 445 g/mol. The molecule has 0 radical (unpaired) electrons. The standard InChI is InChI=1S/C23H31N3O6/c1-5-6-13-32-17-9-7-16(8-10-17)20(28)24-23(15-19(27)25-31)11-12-26(21(29)30)18(14-23)22(2,3)4/h7-10,18,31H,11-15H2,1-4H3,(H,24,28)(H,25,27)(H,29,30). The van der Waals surface area contributed by atoms with E-state index in [2.05, 4.69) is 17.2 Å².